The molecule has 0 saturated heterocycles. The monoisotopic (exact) mass is 273 g/mol. The molecule has 1 unspecified atom stereocenters. The van der Waals surface area contributed by atoms with Gasteiger partial charge >= 0.3 is 0 Å². The van der Waals surface area contributed by atoms with Crippen molar-refractivity contribution in [1.82, 2.24) is 9.97 Å². The van der Waals surface area contributed by atoms with E-state index in [0.717, 1.165) is 16.9 Å². The van der Waals surface area contributed by atoms with Crippen molar-refractivity contribution in [3.8, 4) is 0 Å². The minimum absolute atomic E-state index is 0.401. The summed E-state index contributed by atoms with van der Waals surface area (Å²) >= 11 is 0.851. The highest BCUT2D eigenvalue weighted by Gasteiger charge is 2.40. The number of thiazole rings is 1. The first-order chi connectivity index (χ1) is 8.50. The molecule has 2 rings (SSSR count). The molecule has 3 nitrogen and oxygen atoms in total. The summed E-state index contributed by atoms with van der Waals surface area (Å²) in [5.74, 6) is -3.18. The highest BCUT2D eigenvalue weighted by atomic mass is 32.1. The molecular weight excluding hydrogens is 263 g/mol. The summed E-state index contributed by atoms with van der Waals surface area (Å²) in [5.41, 5.74) is 5.85. The Morgan fingerprint density at radius 3 is 2.61 bits per heavy atom. The summed E-state index contributed by atoms with van der Waals surface area (Å²) in [5, 5.41) is -0.401. The van der Waals surface area contributed by atoms with Crippen LogP contribution in [0.1, 0.15) is 15.4 Å². The Bertz CT molecular complexity index is 513. The van der Waals surface area contributed by atoms with E-state index in [0.29, 0.717) is 11.3 Å². The Kier molecular flexibility index (Phi) is 3.63. The number of hydrogen-bond acceptors (Lipinski definition) is 4. The number of alkyl halides is 3. The van der Waals surface area contributed by atoms with E-state index < -0.39 is 17.2 Å². The number of rotatable bonds is 4. The molecular formula is C11H10F3N3S. The van der Waals surface area contributed by atoms with Crippen molar-refractivity contribution >= 4 is 11.3 Å². The number of halogens is 3. The van der Waals surface area contributed by atoms with Crippen molar-refractivity contribution in [2.24, 2.45) is 5.73 Å². The average molecular weight is 273 g/mol. The van der Waals surface area contributed by atoms with Gasteiger partial charge in [0.2, 0.25) is 0 Å². The van der Waals surface area contributed by atoms with Crippen LogP contribution in [0.25, 0.3) is 0 Å². The molecule has 0 aromatic carbocycles. The number of hydrogen-bond donors (Lipinski definition) is 1. The molecule has 0 fully saturated rings. The van der Waals surface area contributed by atoms with E-state index in [4.69, 9.17) is 5.73 Å². The van der Waals surface area contributed by atoms with Crippen molar-refractivity contribution in [2.45, 2.75) is 18.6 Å². The van der Waals surface area contributed by atoms with Gasteiger partial charge in [-0.2, -0.15) is 0 Å². The fraction of sp³-hybridized carbons (Fsp3) is 0.273. The van der Waals surface area contributed by atoms with Gasteiger partial charge in [-0.25, -0.2) is 18.2 Å². The van der Waals surface area contributed by atoms with Crippen LogP contribution in [0.4, 0.5) is 13.2 Å². The average Bonchev–Trinajstić information content (AvgIpc) is 2.79. The van der Waals surface area contributed by atoms with Gasteiger partial charge in [-0.15, -0.1) is 11.3 Å². The molecule has 0 spiro atoms. The fourth-order valence-corrected chi connectivity index (χ4v) is 2.31. The third kappa shape index (κ3) is 2.68. The van der Waals surface area contributed by atoms with Crippen molar-refractivity contribution in [1.29, 1.82) is 0 Å². The number of pyridine rings is 1. The molecule has 0 aliphatic heterocycles. The van der Waals surface area contributed by atoms with Crippen LogP contribution >= 0.6 is 11.3 Å². The Morgan fingerprint density at radius 2 is 2.00 bits per heavy atom. The lowest BCUT2D eigenvalue weighted by Gasteiger charge is -2.15. The van der Waals surface area contributed by atoms with E-state index >= 15 is 0 Å². The summed E-state index contributed by atoms with van der Waals surface area (Å²) in [6.07, 6.45) is 1.80. The van der Waals surface area contributed by atoms with Crippen LogP contribution in [0.15, 0.2) is 30.7 Å². The zero-order chi connectivity index (χ0) is 13.2. The molecule has 7 heteroatoms. The number of aromatic nitrogens is 2. The van der Waals surface area contributed by atoms with Gasteiger partial charge in [0.15, 0.2) is 5.01 Å². The van der Waals surface area contributed by atoms with Crippen LogP contribution in [-0.2, 0) is 12.2 Å². The summed E-state index contributed by atoms with van der Waals surface area (Å²) in [6, 6.07) is 3.58. The second-order valence-corrected chi connectivity index (χ2v) is 4.85. The third-order valence-electron chi connectivity index (χ3n) is 2.33. The van der Waals surface area contributed by atoms with Gasteiger partial charge in [0, 0.05) is 29.9 Å². The van der Waals surface area contributed by atoms with Crippen molar-refractivity contribution in [3.63, 3.8) is 0 Å². The quantitative estimate of drug-likeness (QED) is 0.871. The predicted octanol–water partition coefficient (Wildman–Crippen LogP) is 2.48. The number of nitrogens with two attached hydrogens (primary N) is 1. The first-order valence-electron chi connectivity index (χ1n) is 5.10. The van der Waals surface area contributed by atoms with E-state index in [-0.39, 0.29) is 0 Å². The Morgan fingerprint density at radius 1 is 1.33 bits per heavy atom. The van der Waals surface area contributed by atoms with Crippen LogP contribution < -0.4 is 5.73 Å². The standard InChI is InChI=1S/C11H10F3N3S/c12-9(13)11(14,15)10-17-6-8(18-10)5-7-1-3-16-4-2-7/h1-4,6,9H,5,15H2. The molecule has 2 heterocycles. The summed E-state index contributed by atoms with van der Waals surface area (Å²) in [6.45, 7) is 0. The second-order valence-electron chi connectivity index (χ2n) is 3.73. The molecule has 96 valence electrons. The second kappa shape index (κ2) is 5.03. The van der Waals surface area contributed by atoms with E-state index in [1.165, 1.54) is 6.20 Å². The van der Waals surface area contributed by atoms with Crippen molar-refractivity contribution in [3.05, 3.63) is 46.2 Å². The Balaban J connectivity index is 2.16. The minimum Gasteiger partial charge on any atom is -0.288 e. The van der Waals surface area contributed by atoms with Gasteiger partial charge in [-0.3, -0.25) is 10.7 Å². The summed E-state index contributed by atoms with van der Waals surface area (Å²) in [7, 11) is 0. The first kappa shape index (κ1) is 13.0. The molecule has 0 aliphatic carbocycles. The van der Waals surface area contributed by atoms with Crippen LogP contribution in [0.3, 0.4) is 0 Å². The van der Waals surface area contributed by atoms with E-state index in [1.54, 1.807) is 24.5 Å². The molecule has 2 N–H and O–H groups in total. The van der Waals surface area contributed by atoms with Gasteiger partial charge in [0.25, 0.3) is 12.2 Å². The Labute approximate surface area is 105 Å². The normalized spacial score (nSPS) is 14.7. The minimum atomic E-state index is -3.29. The smallest absolute Gasteiger partial charge is 0.288 e. The van der Waals surface area contributed by atoms with Crippen LogP contribution in [0.5, 0.6) is 0 Å². The lowest BCUT2D eigenvalue weighted by Crippen LogP contribution is -2.38. The van der Waals surface area contributed by atoms with Crippen LogP contribution in [0, 0.1) is 0 Å². The molecule has 2 aromatic heterocycles. The SMILES string of the molecule is NC(F)(c1ncc(Cc2ccncc2)s1)C(F)F. The first-order valence-corrected chi connectivity index (χ1v) is 5.92. The Hall–Kier alpha value is -1.47. The molecule has 0 saturated carbocycles. The van der Waals surface area contributed by atoms with E-state index in [1.807, 2.05) is 0 Å². The zero-order valence-corrected chi connectivity index (χ0v) is 10.0. The lowest BCUT2D eigenvalue weighted by molar-refractivity contribution is -0.0349. The maximum atomic E-state index is 13.5. The summed E-state index contributed by atoms with van der Waals surface area (Å²) in [4.78, 5) is 8.16. The molecule has 2 aromatic rings. The van der Waals surface area contributed by atoms with Crippen molar-refractivity contribution < 1.29 is 13.2 Å². The maximum absolute atomic E-state index is 13.5. The topological polar surface area (TPSA) is 51.8 Å². The predicted molar refractivity (Wildman–Crippen MR) is 62.1 cm³/mol. The van der Waals surface area contributed by atoms with Crippen LogP contribution in [-0.4, -0.2) is 16.4 Å². The summed E-state index contributed by atoms with van der Waals surface area (Å²) < 4.78 is 38.2. The van der Waals surface area contributed by atoms with Crippen LogP contribution in [0.2, 0.25) is 0 Å². The molecule has 0 aliphatic rings. The molecule has 1 atom stereocenters. The fourth-order valence-electron chi connectivity index (χ4n) is 1.36. The zero-order valence-electron chi connectivity index (χ0n) is 9.19. The third-order valence-corrected chi connectivity index (χ3v) is 3.45. The maximum Gasteiger partial charge on any atom is 0.291 e. The highest BCUT2D eigenvalue weighted by Crippen LogP contribution is 2.31. The van der Waals surface area contributed by atoms with Gasteiger partial charge in [0.1, 0.15) is 0 Å². The largest absolute Gasteiger partial charge is 0.291 e. The molecule has 18 heavy (non-hydrogen) atoms. The number of nitrogens with zero attached hydrogens (tertiary/aromatic N) is 2. The van der Waals surface area contributed by atoms with E-state index in [2.05, 4.69) is 9.97 Å². The van der Waals surface area contributed by atoms with Crippen molar-refractivity contribution in [2.75, 3.05) is 0 Å². The lowest BCUT2D eigenvalue weighted by atomic mass is 10.2. The molecule has 0 bridgehead atoms. The van der Waals surface area contributed by atoms with E-state index in [9.17, 15) is 13.2 Å². The molecule has 0 amide bonds. The molecule has 0 radical (unpaired) electrons. The highest BCUT2D eigenvalue weighted by molar-refractivity contribution is 7.11. The van der Waals surface area contributed by atoms with Gasteiger partial charge in [0.05, 0.1) is 0 Å². The van der Waals surface area contributed by atoms with Gasteiger partial charge in [-0.1, -0.05) is 0 Å². The van der Waals surface area contributed by atoms with Gasteiger partial charge in [-0.05, 0) is 17.7 Å². The van der Waals surface area contributed by atoms with Gasteiger partial charge < -0.3 is 0 Å².